The van der Waals surface area contributed by atoms with Crippen molar-refractivity contribution in [1.29, 1.82) is 0 Å². The molecule has 2 nitrogen and oxygen atoms in total. The van der Waals surface area contributed by atoms with Crippen molar-refractivity contribution in [3.05, 3.63) is 19.1 Å². The zero-order chi connectivity index (χ0) is 8.36. The zero-order valence-corrected chi connectivity index (χ0v) is 10.5. The van der Waals surface area contributed by atoms with Crippen LogP contribution in [0.5, 0.6) is 0 Å². The van der Waals surface area contributed by atoms with Gasteiger partial charge in [0.1, 0.15) is 6.79 Å². The average Bonchev–Trinajstić information content (AvgIpc) is 2.03. The van der Waals surface area contributed by atoms with Crippen LogP contribution in [0.1, 0.15) is 19.8 Å². The van der Waals surface area contributed by atoms with Crippen molar-refractivity contribution in [3.63, 3.8) is 0 Å². The van der Waals surface area contributed by atoms with Gasteiger partial charge in [-0.15, -0.1) is 6.08 Å². The van der Waals surface area contributed by atoms with E-state index in [0.29, 0.717) is 13.4 Å². The first kappa shape index (κ1) is 19.3. The number of rotatable bonds is 7. The fourth-order valence-electron chi connectivity index (χ4n) is 0.588. The summed E-state index contributed by atoms with van der Waals surface area (Å²) in [6, 6.07) is 0. The first-order chi connectivity index (χ1) is 5.41. The second-order valence-electron chi connectivity index (χ2n) is 2.07. The van der Waals surface area contributed by atoms with Crippen LogP contribution < -0.4 is 12.4 Å². The second kappa shape index (κ2) is 18.5. The molecule has 0 aliphatic carbocycles. The Balaban J connectivity index is -0.000000500. The summed E-state index contributed by atoms with van der Waals surface area (Å²) in [7, 11) is 0. The molecule has 0 aromatic carbocycles. The molecule has 0 aliphatic rings. The Bertz CT molecular complexity index is 99.6. The van der Waals surface area contributed by atoms with E-state index in [9.17, 15) is 0 Å². The van der Waals surface area contributed by atoms with E-state index in [1.165, 1.54) is 0 Å². The summed E-state index contributed by atoms with van der Waals surface area (Å²) >= 11 is 0. The molecule has 0 saturated carbocycles. The second-order valence-corrected chi connectivity index (χ2v) is 2.07. The molecule has 0 rings (SSSR count). The summed E-state index contributed by atoms with van der Waals surface area (Å²) in [5.74, 6) is 0. The summed E-state index contributed by atoms with van der Waals surface area (Å²) in [4.78, 5) is 0. The van der Waals surface area contributed by atoms with Gasteiger partial charge in [-0.25, -0.2) is 0 Å². The molecule has 0 atom stereocenters. The minimum Gasteiger partial charge on any atom is -1.00 e. The summed E-state index contributed by atoms with van der Waals surface area (Å²) in [6.45, 7) is 7.49. The quantitative estimate of drug-likeness (QED) is 0.175. The molecule has 0 heterocycles. The van der Waals surface area contributed by atoms with Gasteiger partial charge in [-0.1, -0.05) is 6.08 Å². The number of ether oxygens (including phenoxy) is 2. The third kappa shape index (κ3) is 19.2. The Morgan fingerprint density at radius 3 is 2.46 bits per heavy atom. The fraction of sp³-hybridized carbons (Fsp3) is 0.667. The number of allylic oxidation sites excluding steroid dienone is 1. The topological polar surface area (TPSA) is 18.5 Å². The van der Waals surface area contributed by atoms with E-state index in [1.54, 1.807) is 0 Å². The van der Waals surface area contributed by atoms with Crippen LogP contribution >= 0.6 is 0 Å². The molecule has 0 amide bonds. The van der Waals surface area contributed by atoms with Crippen molar-refractivity contribution in [1.82, 2.24) is 0 Å². The third-order valence-corrected chi connectivity index (χ3v) is 1.13. The Morgan fingerprint density at radius 2 is 1.92 bits per heavy atom. The Morgan fingerprint density at radius 1 is 1.23 bits per heavy atom. The molecule has 0 N–H and O–H groups in total. The SMILES string of the molecule is [CH2-]C/C=C\CCOCOCC.[Cl-].[Mg+2]. The van der Waals surface area contributed by atoms with E-state index in [-0.39, 0.29) is 35.5 Å². The molecule has 0 spiro atoms. The van der Waals surface area contributed by atoms with Crippen molar-refractivity contribution < 1.29 is 21.9 Å². The van der Waals surface area contributed by atoms with E-state index in [2.05, 4.69) is 13.0 Å². The van der Waals surface area contributed by atoms with Crippen molar-refractivity contribution in [2.75, 3.05) is 20.0 Å². The van der Waals surface area contributed by atoms with Crippen LogP contribution in [0, 0.1) is 6.92 Å². The molecule has 4 heteroatoms. The Kier molecular flexibility index (Phi) is 27.5. The molecular weight excluding hydrogens is 200 g/mol. The van der Waals surface area contributed by atoms with Crippen LogP contribution in [0.25, 0.3) is 0 Å². The van der Waals surface area contributed by atoms with Gasteiger partial charge in [0, 0.05) is 6.61 Å². The van der Waals surface area contributed by atoms with Crippen LogP contribution in [0.2, 0.25) is 0 Å². The van der Waals surface area contributed by atoms with Crippen LogP contribution in [-0.4, -0.2) is 43.1 Å². The van der Waals surface area contributed by atoms with Gasteiger partial charge in [0.15, 0.2) is 0 Å². The van der Waals surface area contributed by atoms with Crippen molar-refractivity contribution in [2.45, 2.75) is 19.8 Å². The van der Waals surface area contributed by atoms with Crippen molar-refractivity contribution in [2.24, 2.45) is 0 Å². The van der Waals surface area contributed by atoms with Crippen LogP contribution in [0.4, 0.5) is 0 Å². The number of hydrogen-bond acceptors (Lipinski definition) is 2. The van der Waals surface area contributed by atoms with E-state index < -0.39 is 0 Å². The normalized spacial score (nSPS) is 9.38. The van der Waals surface area contributed by atoms with Gasteiger partial charge in [-0.3, -0.25) is 0 Å². The summed E-state index contributed by atoms with van der Waals surface area (Å²) in [6.07, 6.45) is 5.90. The zero-order valence-electron chi connectivity index (χ0n) is 8.30. The molecule has 0 saturated heterocycles. The van der Waals surface area contributed by atoms with Gasteiger partial charge in [-0.05, 0) is 13.3 Å². The van der Waals surface area contributed by atoms with Gasteiger partial charge in [0.05, 0.1) is 6.61 Å². The molecule has 0 fully saturated rings. The Hall–Kier alpha value is 0.716. The van der Waals surface area contributed by atoms with Gasteiger partial charge < -0.3 is 28.8 Å². The molecule has 0 aromatic heterocycles. The predicted molar refractivity (Wildman–Crippen MR) is 51.9 cm³/mol. The van der Waals surface area contributed by atoms with E-state index >= 15 is 0 Å². The van der Waals surface area contributed by atoms with E-state index in [1.807, 2.05) is 13.0 Å². The molecular formula is C9H17ClMgO2. The molecule has 74 valence electrons. The minimum atomic E-state index is 0. The van der Waals surface area contributed by atoms with Gasteiger partial charge in [0.25, 0.3) is 0 Å². The Labute approximate surface area is 104 Å². The summed E-state index contributed by atoms with van der Waals surface area (Å²) in [5, 5.41) is 0. The van der Waals surface area contributed by atoms with Gasteiger partial charge in [-0.2, -0.15) is 6.42 Å². The minimum absolute atomic E-state index is 0. The van der Waals surface area contributed by atoms with Gasteiger partial charge >= 0.3 is 23.1 Å². The summed E-state index contributed by atoms with van der Waals surface area (Å²) in [5.41, 5.74) is 0. The van der Waals surface area contributed by atoms with Crippen LogP contribution in [-0.2, 0) is 9.47 Å². The largest absolute Gasteiger partial charge is 2.00 e. The molecule has 0 aliphatic heterocycles. The first-order valence-electron chi connectivity index (χ1n) is 4.01. The number of hydrogen-bond donors (Lipinski definition) is 0. The van der Waals surface area contributed by atoms with Crippen LogP contribution in [0.15, 0.2) is 12.2 Å². The predicted octanol–water partition coefficient (Wildman–Crippen LogP) is -1.21. The number of halogens is 1. The molecule has 0 bridgehead atoms. The molecule has 0 unspecified atom stereocenters. The average molecular weight is 217 g/mol. The van der Waals surface area contributed by atoms with Crippen LogP contribution in [0.3, 0.4) is 0 Å². The maximum Gasteiger partial charge on any atom is 2.00 e. The van der Waals surface area contributed by atoms with Gasteiger partial charge in [0.2, 0.25) is 0 Å². The molecule has 13 heavy (non-hydrogen) atoms. The first-order valence-corrected chi connectivity index (χ1v) is 4.01. The maximum atomic E-state index is 5.13. The molecule has 0 aromatic rings. The van der Waals surface area contributed by atoms with E-state index in [4.69, 9.17) is 9.47 Å². The fourth-order valence-corrected chi connectivity index (χ4v) is 0.588. The van der Waals surface area contributed by atoms with Crippen molar-refractivity contribution in [3.8, 4) is 0 Å². The summed E-state index contributed by atoms with van der Waals surface area (Å²) < 4.78 is 10.1. The monoisotopic (exact) mass is 216 g/mol. The third-order valence-electron chi connectivity index (χ3n) is 1.13. The van der Waals surface area contributed by atoms with E-state index in [0.717, 1.165) is 19.4 Å². The maximum absolute atomic E-state index is 5.13. The van der Waals surface area contributed by atoms with Crippen molar-refractivity contribution >= 4 is 23.1 Å². The molecule has 0 radical (unpaired) electrons. The smallest absolute Gasteiger partial charge is 1.00 e. The standard InChI is InChI=1S/C9H17O2.ClH.Mg/c1-3-5-6-7-8-11-9-10-4-2;;/h5-6H,1,3-4,7-9H2,2H3;1H;/q-1;;+2/p-1/b6-5-;;.